The molecule has 0 bridgehead atoms. The van der Waals surface area contributed by atoms with E-state index in [2.05, 4.69) is 24.5 Å². The summed E-state index contributed by atoms with van der Waals surface area (Å²) in [4.78, 5) is 37.0. The molecule has 0 saturated carbocycles. The molecule has 0 fully saturated rings. The third-order valence-electron chi connectivity index (χ3n) is 7.36. The van der Waals surface area contributed by atoms with Crippen LogP contribution in [0.5, 0.6) is 11.5 Å². The van der Waals surface area contributed by atoms with Crippen LogP contribution in [-0.2, 0) is 0 Å². The molecule has 2 N–H and O–H groups in total. The Morgan fingerprint density at radius 3 is 1.46 bits per heavy atom. The van der Waals surface area contributed by atoms with Crippen LogP contribution in [0.2, 0.25) is 10.0 Å². The number of nitrogens with one attached hydrogen (secondary N) is 2. The van der Waals surface area contributed by atoms with Crippen LogP contribution in [-0.4, -0.2) is 35.0 Å². The van der Waals surface area contributed by atoms with Gasteiger partial charge in [0.1, 0.15) is 11.5 Å². The van der Waals surface area contributed by atoms with Gasteiger partial charge in [0.15, 0.2) is 0 Å². The first-order valence-electron chi connectivity index (χ1n) is 15.5. The van der Waals surface area contributed by atoms with Gasteiger partial charge in [0.05, 0.1) is 57.8 Å². The molecule has 1 aromatic heterocycles. The largest absolute Gasteiger partial charge is 0.493 e. The number of nitrogens with zero attached hydrogens (tertiary/aromatic N) is 2. The molecular weight excluding hydrogens is 623 g/mol. The van der Waals surface area contributed by atoms with Crippen molar-refractivity contribution >= 4 is 68.5 Å². The highest BCUT2D eigenvalue weighted by Gasteiger charge is 2.20. The van der Waals surface area contributed by atoms with Gasteiger partial charge >= 0.3 is 0 Å². The highest BCUT2D eigenvalue weighted by molar-refractivity contribution is 6.31. The second kappa shape index (κ2) is 15.7. The Labute approximate surface area is 278 Å². The fourth-order valence-corrected chi connectivity index (χ4v) is 5.28. The number of hydrogen-bond acceptors (Lipinski definition) is 6. The Bertz CT molecular complexity index is 1730. The van der Waals surface area contributed by atoms with Crippen molar-refractivity contribution in [3.63, 3.8) is 0 Å². The summed E-state index contributed by atoms with van der Waals surface area (Å²) >= 11 is 12.6. The minimum absolute atomic E-state index is 0.267. The van der Waals surface area contributed by atoms with E-state index in [4.69, 9.17) is 42.6 Å². The molecule has 1 heterocycles. The highest BCUT2D eigenvalue weighted by Crippen LogP contribution is 2.32. The van der Waals surface area contributed by atoms with Crippen molar-refractivity contribution in [1.29, 1.82) is 0 Å². The molecule has 5 aromatic rings. The van der Waals surface area contributed by atoms with Gasteiger partial charge in [-0.05, 0) is 73.5 Å². The third-order valence-corrected chi connectivity index (χ3v) is 7.83. The lowest BCUT2D eigenvalue weighted by molar-refractivity contribution is 0.101. The van der Waals surface area contributed by atoms with Crippen molar-refractivity contribution in [3.05, 3.63) is 94.0 Å². The van der Waals surface area contributed by atoms with E-state index in [0.29, 0.717) is 68.2 Å². The molecule has 0 radical (unpaired) electrons. The standard InChI is InChI=1S/C36H36Cl2N4O4/c1-3-5-9-17-45-33-15-13-23(37)19-25(33)35(43)41-31-21-29-30(40-28-12-8-7-11-27(28)39-29)22-32(31)42-36(44)26-20-24(38)14-16-34(26)46-18-10-6-4-2/h7-8,11-16,19-22H,3-6,9-10,17-18H2,1-2H3,(H,41,43)(H,42,44). The van der Waals surface area contributed by atoms with E-state index in [-0.39, 0.29) is 11.1 Å². The summed E-state index contributed by atoms with van der Waals surface area (Å²) in [5.74, 6) is -0.0866. The average molecular weight is 660 g/mol. The molecule has 2 amide bonds. The molecule has 8 nitrogen and oxygen atoms in total. The maximum absolute atomic E-state index is 13.8. The molecule has 0 unspecified atom stereocenters. The van der Waals surface area contributed by atoms with Crippen LogP contribution in [0.25, 0.3) is 22.1 Å². The minimum Gasteiger partial charge on any atom is -0.493 e. The summed E-state index contributed by atoms with van der Waals surface area (Å²) < 4.78 is 11.9. The number of hydrogen-bond donors (Lipinski definition) is 2. The highest BCUT2D eigenvalue weighted by atomic mass is 35.5. The van der Waals surface area contributed by atoms with E-state index < -0.39 is 11.8 Å². The van der Waals surface area contributed by atoms with Crippen LogP contribution in [0.4, 0.5) is 11.4 Å². The van der Waals surface area contributed by atoms with Gasteiger partial charge < -0.3 is 20.1 Å². The number of carbonyl (C=O) groups is 2. The number of fused-ring (bicyclic) bond motifs is 2. The van der Waals surface area contributed by atoms with Crippen LogP contribution in [0.3, 0.4) is 0 Å². The van der Waals surface area contributed by atoms with Gasteiger partial charge in [0.25, 0.3) is 11.8 Å². The maximum atomic E-state index is 13.8. The van der Waals surface area contributed by atoms with E-state index in [1.807, 2.05) is 24.3 Å². The number of anilines is 2. The van der Waals surface area contributed by atoms with Gasteiger partial charge in [-0.3, -0.25) is 9.59 Å². The molecule has 0 spiro atoms. The maximum Gasteiger partial charge on any atom is 0.259 e. The second-order valence-electron chi connectivity index (χ2n) is 10.9. The molecule has 4 aromatic carbocycles. The number of benzene rings is 4. The number of para-hydroxylation sites is 2. The quantitative estimate of drug-likeness (QED) is 0.0909. The Morgan fingerprint density at radius 1 is 0.609 bits per heavy atom. The van der Waals surface area contributed by atoms with Gasteiger partial charge in [0.2, 0.25) is 0 Å². The van der Waals surface area contributed by atoms with Crippen molar-refractivity contribution < 1.29 is 19.1 Å². The lowest BCUT2D eigenvalue weighted by Crippen LogP contribution is -2.18. The fraction of sp³-hybridized carbons (Fsp3) is 0.278. The monoisotopic (exact) mass is 658 g/mol. The molecule has 0 saturated heterocycles. The minimum atomic E-state index is -0.459. The number of amides is 2. The average Bonchev–Trinajstić information content (AvgIpc) is 3.05. The Hall–Kier alpha value is -4.40. The number of unbranched alkanes of at least 4 members (excludes halogenated alkanes) is 4. The van der Waals surface area contributed by atoms with Crippen molar-refractivity contribution in [3.8, 4) is 11.5 Å². The Morgan fingerprint density at radius 2 is 1.04 bits per heavy atom. The van der Waals surface area contributed by atoms with Gasteiger partial charge in [-0.1, -0.05) is 74.9 Å². The number of ether oxygens (including phenoxy) is 2. The zero-order valence-corrected chi connectivity index (χ0v) is 27.4. The van der Waals surface area contributed by atoms with Gasteiger partial charge in [-0.25, -0.2) is 9.97 Å². The van der Waals surface area contributed by atoms with E-state index >= 15 is 0 Å². The third kappa shape index (κ3) is 8.24. The predicted molar refractivity (Wildman–Crippen MR) is 186 cm³/mol. The Kier molecular flexibility index (Phi) is 11.3. The first kappa shape index (κ1) is 33.0. The summed E-state index contributed by atoms with van der Waals surface area (Å²) in [5.41, 5.74) is 3.65. The van der Waals surface area contributed by atoms with Crippen LogP contribution in [0, 0.1) is 0 Å². The number of carbonyl (C=O) groups excluding carboxylic acids is 2. The lowest BCUT2D eigenvalue weighted by Gasteiger charge is -2.17. The number of halogens is 2. The zero-order chi connectivity index (χ0) is 32.5. The smallest absolute Gasteiger partial charge is 0.259 e. The van der Waals surface area contributed by atoms with Gasteiger partial charge in [-0.2, -0.15) is 0 Å². The molecule has 5 rings (SSSR count). The van der Waals surface area contributed by atoms with E-state index in [9.17, 15) is 9.59 Å². The van der Waals surface area contributed by atoms with Crippen molar-refractivity contribution in [2.45, 2.75) is 52.4 Å². The normalized spacial score (nSPS) is 11.0. The van der Waals surface area contributed by atoms with Crippen LogP contribution >= 0.6 is 23.2 Å². The number of rotatable bonds is 14. The van der Waals surface area contributed by atoms with Crippen LogP contribution < -0.4 is 20.1 Å². The second-order valence-corrected chi connectivity index (χ2v) is 11.8. The molecule has 10 heteroatoms. The molecule has 0 aliphatic rings. The van der Waals surface area contributed by atoms with Crippen molar-refractivity contribution in [2.75, 3.05) is 23.8 Å². The van der Waals surface area contributed by atoms with Gasteiger partial charge in [-0.15, -0.1) is 0 Å². The van der Waals surface area contributed by atoms with Gasteiger partial charge in [0, 0.05) is 10.0 Å². The summed E-state index contributed by atoms with van der Waals surface area (Å²) in [6.07, 6.45) is 5.86. The molecule has 238 valence electrons. The summed E-state index contributed by atoms with van der Waals surface area (Å²) in [7, 11) is 0. The first-order valence-corrected chi connectivity index (χ1v) is 16.3. The fourth-order valence-electron chi connectivity index (χ4n) is 4.93. The molecule has 0 atom stereocenters. The molecule has 46 heavy (non-hydrogen) atoms. The number of aromatic nitrogens is 2. The van der Waals surface area contributed by atoms with Crippen molar-refractivity contribution in [1.82, 2.24) is 9.97 Å². The molecule has 0 aliphatic carbocycles. The summed E-state index contributed by atoms with van der Waals surface area (Å²) in [6, 6.07) is 20.7. The topological polar surface area (TPSA) is 102 Å². The van der Waals surface area contributed by atoms with E-state index in [1.54, 1.807) is 48.5 Å². The van der Waals surface area contributed by atoms with Crippen LogP contribution in [0.15, 0.2) is 72.8 Å². The summed E-state index contributed by atoms with van der Waals surface area (Å²) in [6.45, 7) is 5.17. The Balaban J connectivity index is 1.51. The SMILES string of the molecule is CCCCCOc1ccc(Cl)cc1C(=O)Nc1cc2nc3ccccc3nc2cc1NC(=O)c1cc(Cl)ccc1OCCCCC. The summed E-state index contributed by atoms with van der Waals surface area (Å²) in [5, 5.41) is 6.68. The first-order chi connectivity index (χ1) is 22.4. The lowest BCUT2D eigenvalue weighted by atomic mass is 10.1. The predicted octanol–water partition coefficient (Wildman–Crippen LogP) is 9.73. The zero-order valence-electron chi connectivity index (χ0n) is 25.9. The molecular formula is C36H36Cl2N4O4. The molecule has 0 aliphatic heterocycles. The van der Waals surface area contributed by atoms with Crippen LogP contribution in [0.1, 0.15) is 73.1 Å². The van der Waals surface area contributed by atoms with E-state index in [1.165, 1.54) is 0 Å². The van der Waals surface area contributed by atoms with E-state index in [0.717, 1.165) is 38.5 Å². The van der Waals surface area contributed by atoms with Crippen molar-refractivity contribution in [2.24, 2.45) is 0 Å².